The Morgan fingerprint density at radius 2 is 2.15 bits per heavy atom. The Bertz CT molecular complexity index is 317. The van der Waals surface area contributed by atoms with Crippen LogP contribution in [0.1, 0.15) is 10.4 Å². The number of hydrogen-bond acceptors (Lipinski definition) is 4. The first kappa shape index (κ1) is 12.1. The zero-order valence-electron chi connectivity index (χ0n) is 6.98. The summed E-state index contributed by atoms with van der Waals surface area (Å²) in [6.07, 6.45) is 0. The van der Waals surface area contributed by atoms with Crippen LogP contribution < -0.4 is 5.73 Å². The molecule has 0 fully saturated rings. The molecule has 0 atom stereocenters. The number of esters is 1. The number of hydrogen-bond donors (Lipinski definition) is 2. The number of benzene rings is 1. The van der Waals surface area contributed by atoms with Gasteiger partial charge in [-0.05, 0) is 18.2 Å². The zero-order chi connectivity index (χ0) is 9.14. The van der Waals surface area contributed by atoms with Crippen LogP contribution in [0.3, 0.4) is 0 Å². The quantitative estimate of drug-likeness (QED) is 0.430. The van der Waals surface area contributed by atoms with Crippen molar-refractivity contribution >= 4 is 36.7 Å². The van der Waals surface area contributed by atoms with Crippen molar-refractivity contribution in [2.45, 2.75) is 4.90 Å². The molecule has 0 amide bonds. The summed E-state index contributed by atoms with van der Waals surface area (Å²) in [6.45, 7) is 0. The predicted octanol–water partition coefficient (Wildman–Crippen LogP) is 1.77. The van der Waals surface area contributed by atoms with Gasteiger partial charge in [0.2, 0.25) is 0 Å². The Morgan fingerprint density at radius 3 is 2.62 bits per heavy atom. The lowest BCUT2D eigenvalue weighted by molar-refractivity contribution is 0.0600. The van der Waals surface area contributed by atoms with E-state index in [1.807, 2.05) is 0 Å². The molecule has 1 aromatic rings. The van der Waals surface area contributed by atoms with E-state index in [2.05, 4.69) is 17.4 Å². The Hall–Kier alpha value is -0.870. The van der Waals surface area contributed by atoms with E-state index >= 15 is 0 Å². The Balaban J connectivity index is 0.00000144. The predicted molar refractivity (Wildman–Crippen MR) is 56.7 cm³/mol. The fourth-order valence-corrected chi connectivity index (χ4v) is 1.00. The number of rotatable bonds is 1. The van der Waals surface area contributed by atoms with Crippen molar-refractivity contribution in [2.24, 2.45) is 0 Å². The maximum absolute atomic E-state index is 11.0. The molecule has 0 spiro atoms. The summed E-state index contributed by atoms with van der Waals surface area (Å²) in [6, 6.07) is 4.79. The molecule has 0 saturated heterocycles. The maximum Gasteiger partial charge on any atom is 0.337 e. The molecule has 0 unspecified atom stereocenters. The molecule has 2 N–H and O–H groups in total. The molecule has 3 nitrogen and oxygen atoms in total. The second kappa shape index (κ2) is 4.99. The molecule has 0 saturated carbocycles. The molecule has 0 aromatic heterocycles. The van der Waals surface area contributed by atoms with Gasteiger partial charge in [-0.25, -0.2) is 4.79 Å². The molecule has 13 heavy (non-hydrogen) atoms. The van der Waals surface area contributed by atoms with Crippen molar-refractivity contribution in [3.63, 3.8) is 0 Å². The average molecular weight is 220 g/mol. The van der Waals surface area contributed by atoms with Crippen molar-refractivity contribution in [3.05, 3.63) is 23.8 Å². The third-order valence-corrected chi connectivity index (χ3v) is 1.84. The molecule has 0 aliphatic carbocycles. The van der Waals surface area contributed by atoms with Crippen LogP contribution in [-0.4, -0.2) is 13.1 Å². The van der Waals surface area contributed by atoms with Crippen molar-refractivity contribution in [2.75, 3.05) is 12.8 Å². The van der Waals surface area contributed by atoms with Gasteiger partial charge in [-0.3, -0.25) is 0 Å². The van der Waals surface area contributed by atoms with E-state index in [1.54, 1.807) is 18.2 Å². The summed E-state index contributed by atoms with van der Waals surface area (Å²) in [7, 11) is 1.33. The molecule has 0 aliphatic rings. The number of nitrogens with two attached hydrogens (primary N) is 1. The van der Waals surface area contributed by atoms with Crippen molar-refractivity contribution in [1.82, 2.24) is 0 Å². The Labute approximate surface area is 88.1 Å². The number of carbonyl (C=O) groups excluding carboxylic acids is 1. The molecular weight excluding hydrogens is 210 g/mol. The second-order valence-electron chi connectivity index (χ2n) is 2.27. The topological polar surface area (TPSA) is 52.3 Å². The smallest absolute Gasteiger partial charge is 0.337 e. The summed E-state index contributed by atoms with van der Waals surface area (Å²) in [5.41, 5.74) is 6.50. The molecule has 1 rings (SSSR count). The van der Waals surface area contributed by atoms with Gasteiger partial charge >= 0.3 is 5.97 Å². The molecule has 5 heteroatoms. The highest BCUT2D eigenvalue weighted by Gasteiger charge is 2.05. The molecule has 0 heterocycles. The first-order valence-electron chi connectivity index (χ1n) is 3.32. The van der Waals surface area contributed by atoms with E-state index in [0.29, 0.717) is 16.1 Å². The molecule has 0 aliphatic heterocycles. The van der Waals surface area contributed by atoms with E-state index in [4.69, 9.17) is 5.73 Å². The summed E-state index contributed by atoms with van der Waals surface area (Å²) in [5, 5.41) is 0. The van der Waals surface area contributed by atoms with Gasteiger partial charge < -0.3 is 10.5 Å². The minimum absolute atomic E-state index is 0. The Morgan fingerprint density at radius 1 is 1.54 bits per heavy atom. The van der Waals surface area contributed by atoms with Gasteiger partial charge in [0.1, 0.15) is 0 Å². The van der Waals surface area contributed by atoms with Crippen molar-refractivity contribution < 1.29 is 9.53 Å². The van der Waals surface area contributed by atoms with Crippen LogP contribution in [0.15, 0.2) is 23.1 Å². The number of methoxy groups -OCH3 is 1. The first-order valence-corrected chi connectivity index (χ1v) is 3.76. The van der Waals surface area contributed by atoms with Crippen LogP contribution in [0, 0.1) is 0 Å². The SMILES string of the molecule is COC(=O)c1ccc(N)c(S)c1.Cl. The van der Waals surface area contributed by atoms with E-state index in [-0.39, 0.29) is 18.4 Å². The highest BCUT2D eigenvalue weighted by Crippen LogP contribution is 2.17. The second-order valence-corrected chi connectivity index (χ2v) is 2.75. The van der Waals surface area contributed by atoms with E-state index in [0.717, 1.165) is 0 Å². The lowest BCUT2D eigenvalue weighted by atomic mass is 10.2. The summed E-state index contributed by atoms with van der Waals surface area (Å²) in [4.78, 5) is 11.6. The van der Waals surface area contributed by atoms with E-state index < -0.39 is 0 Å². The van der Waals surface area contributed by atoms with Crippen LogP contribution >= 0.6 is 25.0 Å². The average Bonchev–Trinajstić information content (AvgIpc) is 2.08. The number of nitrogen functional groups attached to an aromatic ring is 1. The van der Waals surface area contributed by atoms with Gasteiger partial charge in [-0.2, -0.15) is 0 Å². The summed E-state index contributed by atoms with van der Waals surface area (Å²) < 4.78 is 4.52. The minimum Gasteiger partial charge on any atom is -0.465 e. The van der Waals surface area contributed by atoms with Gasteiger partial charge in [0.25, 0.3) is 0 Å². The normalized spacial score (nSPS) is 8.77. The Kier molecular flexibility index (Phi) is 4.66. The number of ether oxygens (including phenoxy) is 1. The molecular formula is C8H10ClNO2S. The summed E-state index contributed by atoms with van der Waals surface area (Å²) in [5.74, 6) is -0.384. The molecule has 0 bridgehead atoms. The number of carbonyl (C=O) groups is 1. The van der Waals surface area contributed by atoms with Crippen LogP contribution in [0.2, 0.25) is 0 Å². The molecule has 0 radical (unpaired) electrons. The van der Waals surface area contributed by atoms with Crippen molar-refractivity contribution in [3.8, 4) is 0 Å². The molecule has 1 aromatic carbocycles. The van der Waals surface area contributed by atoms with Crippen LogP contribution in [0.5, 0.6) is 0 Å². The number of anilines is 1. The number of halogens is 1. The lowest BCUT2D eigenvalue weighted by Crippen LogP contribution is -2.01. The van der Waals surface area contributed by atoms with Crippen LogP contribution in [0.4, 0.5) is 5.69 Å². The maximum atomic E-state index is 11.0. The van der Waals surface area contributed by atoms with Crippen molar-refractivity contribution in [1.29, 1.82) is 0 Å². The van der Waals surface area contributed by atoms with E-state index in [9.17, 15) is 4.79 Å². The third-order valence-electron chi connectivity index (χ3n) is 1.45. The minimum atomic E-state index is -0.384. The van der Waals surface area contributed by atoms with Crippen LogP contribution in [-0.2, 0) is 4.74 Å². The highest BCUT2D eigenvalue weighted by atomic mass is 35.5. The van der Waals surface area contributed by atoms with Gasteiger partial charge in [0.05, 0.1) is 12.7 Å². The standard InChI is InChI=1S/C8H9NO2S.ClH/c1-11-8(10)5-2-3-6(9)7(12)4-5;/h2-4,12H,9H2,1H3;1H. The monoisotopic (exact) mass is 219 g/mol. The number of thiol groups is 1. The van der Waals surface area contributed by atoms with Gasteiger partial charge in [0.15, 0.2) is 0 Å². The highest BCUT2D eigenvalue weighted by molar-refractivity contribution is 7.80. The van der Waals surface area contributed by atoms with Gasteiger partial charge in [0, 0.05) is 10.6 Å². The lowest BCUT2D eigenvalue weighted by Gasteiger charge is -2.01. The third kappa shape index (κ3) is 2.82. The van der Waals surface area contributed by atoms with E-state index in [1.165, 1.54) is 7.11 Å². The van der Waals surface area contributed by atoms with Gasteiger partial charge in [-0.15, -0.1) is 25.0 Å². The fraction of sp³-hybridized carbons (Fsp3) is 0.125. The largest absolute Gasteiger partial charge is 0.465 e. The van der Waals surface area contributed by atoms with Crippen LogP contribution in [0.25, 0.3) is 0 Å². The first-order chi connectivity index (χ1) is 5.65. The zero-order valence-corrected chi connectivity index (χ0v) is 8.69. The summed E-state index contributed by atoms with van der Waals surface area (Å²) >= 11 is 4.07. The van der Waals surface area contributed by atoms with Gasteiger partial charge in [-0.1, -0.05) is 0 Å². The molecule has 72 valence electrons. The fourth-order valence-electron chi connectivity index (χ4n) is 0.788.